The normalized spacial score (nSPS) is 21.1. The van der Waals surface area contributed by atoms with Crippen molar-refractivity contribution in [1.82, 2.24) is 5.01 Å². The summed E-state index contributed by atoms with van der Waals surface area (Å²) in [5.41, 5.74) is 1.67. The maximum absolute atomic E-state index is 12.8. The van der Waals surface area contributed by atoms with Gasteiger partial charge >= 0.3 is 0 Å². The number of halogens is 1. The first-order chi connectivity index (χ1) is 13.0. The molecule has 1 saturated carbocycles. The van der Waals surface area contributed by atoms with Crippen molar-refractivity contribution in [3.63, 3.8) is 0 Å². The molecule has 0 radical (unpaired) electrons. The average molecular weight is 414 g/mol. The quantitative estimate of drug-likeness (QED) is 0.502. The Labute approximate surface area is 169 Å². The van der Waals surface area contributed by atoms with Gasteiger partial charge in [0.2, 0.25) is 5.91 Å². The Bertz CT molecular complexity index is 757. The van der Waals surface area contributed by atoms with Crippen molar-refractivity contribution in [3.8, 4) is 11.5 Å². The number of benzene rings is 1. The maximum Gasteiger partial charge on any atom is 0.294 e. The van der Waals surface area contributed by atoms with E-state index in [1.807, 2.05) is 18.2 Å². The number of carbonyl (C=O) groups is 1. The van der Waals surface area contributed by atoms with E-state index in [9.17, 15) is 14.9 Å². The minimum absolute atomic E-state index is 0. The molecule has 28 heavy (non-hydrogen) atoms. The third-order valence-corrected chi connectivity index (χ3v) is 5.10. The predicted molar refractivity (Wildman–Crippen MR) is 103 cm³/mol. The van der Waals surface area contributed by atoms with Crippen molar-refractivity contribution in [2.75, 3.05) is 27.4 Å². The number of methoxy groups -OCH3 is 2. The van der Waals surface area contributed by atoms with Gasteiger partial charge < -0.3 is 14.3 Å². The fourth-order valence-electron chi connectivity index (χ4n) is 3.83. The molecule has 0 saturated heterocycles. The molecule has 0 bridgehead atoms. The van der Waals surface area contributed by atoms with Crippen LogP contribution in [0.2, 0.25) is 0 Å². The second-order valence-electron chi connectivity index (χ2n) is 6.57. The van der Waals surface area contributed by atoms with E-state index in [1.54, 1.807) is 14.2 Å². The Balaban J connectivity index is 0.00000280. The number of rotatable bonds is 7. The first kappa shape index (κ1) is 21.7. The molecule has 0 spiro atoms. The average Bonchev–Trinajstić information content (AvgIpc) is 2.69. The molecule has 0 N–H and O–H groups in total. The molecule has 1 aromatic rings. The SMILES string of the molecule is COc1ccc(C2=NN(CCO[N+](=O)[O-])C(=O)C3CCCCC23)cc1OC.Cl. The Morgan fingerprint density at radius 1 is 1.18 bits per heavy atom. The van der Waals surface area contributed by atoms with Gasteiger partial charge in [0.25, 0.3) is 5.09 Å². The number of hydrogen-bond donors (Lipinski definition) is 0. The summed E-state index contributed by atoms with van der Waals surface area (Å²) in [4.78, 5) is 27.5. The van der Waals surface area contributed by atoms with Crippen LogP contribution in [0.3, 0.4) is 0 Å². The lowest BCUT2D eigenvalue weighted by molar-refractivity contribution is -0.757. The molecular formula is C18H24ClN3O6. The summed E-state index contributed by atoms with van der Waals surface area (Å²) >= 11 is 0. The zero-order valence-corrected chi connectivity index (χ0v) is 16.6. The summed E-state index contributed by atoms with van der Waals surface area (Å²) in [6, 6.07) is 5.56. The largest absolute Gasteiger partial charge is 0.493 e. The Kier molecular flexibility index (Phi) is 7.45. The van der Waals surface area contributed by atoms with Crippen molar-refractivity contribution < 1.29 is 24.2 Å². The second kappa shape index (κ2) is 9.59. The standard InChI is InChI=1S/C18H23N3O6.ClH/c1-25-15-8-7-12(11-16(15)26-2)17-13-5-3-4-6-14(13)18(22)20(19-17)9-10-27-21(23)24;/h7-8,11,13-14H,3-6,9-10H2,1-2H3;1H. The van der Waals surface area contributed by atoms with Crippen LogP contribution < -0.4 is 9.47 Å². The number of fused-ring (bicyclic) bond motifs is 1. The van der Waals surface area contributed by atoms with Crippen LogP contribution in [-0.4, -0.2) is 49.1 Å². The number of hydrazone groups is 1. The molecule has 2 aliphatic rings. The topological polar surface area (TPSA) is 104 Å². The van der Waals surface area contributed by atoms with Gasteiger partial charge in [-0.15, -0.1) is 22.5 Å². The number of nitrogens with zero attached hydrogens (tertiary/aromatic N) is 3. The van der Waals surface area contributed by atoms with Crippen molar-refractivity contribution in [3.05, 3.63) is 33.9 Å². The van der Waals surface area contributed by atoms with E-state index in [0.29, 0.717) is 11.5 Å². The summed E-state index contributed by atoms with van der Waals surface area (Å²) in [5, 5.41) is 15.4. The smallest absolute Gasteiger partial charge is 0.294 e. The Hall–Kier alpha value is -2.55. The van der Waals surface area contributed by atoms with Gasteiger partial charge in [-0.3, -0.25) is 4.79 Å². The summed E-state index contributed by atoms with van der Waals surface area (Å²) in [6.45, 7) is -0.168. The molecule has 1 fully saturated rings. The zero-order valence-electron chi connectivity index (χ0n) is 15.8. The van der Waals surface area contributed by atoms with Gasteiger partial charge in [0.1, 0.15) is 6.61 Å². The molecule has 1 amide bonds. The molecule has 10 heteroatoms. The molecule has 154 valence electrons. The monoisotopic (exact) mass is 413 g/mol. The number of ether oxygens (including phenoxy) is 2. The fourth-order valence-corrected chi connectivity index (χ4v) is 3.83. The highest BCUT2D eigenvalue weighted by atomic mass is 35.5. The predicted octanol–water partition coefficient (Wildman–Crippen LogP) is 2.69. The van der Waals surface area contributed by atoms with Gasteiger partial charge in [-0.2, -0.15) is 5.10 Å². The van der Waals surface area contributed by atoms with Crippen LogP contribution in [0.4, 0.5) is 0 Å². The Morgan fingerprint density at radius 2 is 1.86 bits per heavy atom. The van der Waals surface area contributed by atoms with Crippen LogP contribution in [0.25, 0.3) is 0 Å². The molecule has 1 aliphatic heterocycles. The van der Waals surface area contributed by atoms with Crippen molar-refractivity contribution >= 4 is 24.0 Å². The molecule has 2 unspecified atom stereocenters. The van der Waals surface area contributed by atoms with E-state index < -0.39 is 5.09 Å². The van der Waals surface area contributed by atoms with Gasteiger partial charge in [-0.1, -0.05) is 12.8 Å². The van der Waals surface area contributed by atoms with Crippen LogP contribution in [0.1, 0.15) is 31.2 Å². The summed E-state index contributed by atoms with van der Waals surface area (Å²) < 4.78 is 10.7. The Morgan fingerprint density at radius 3 is 2.50 bits per heavy atom. The van der Waals surface area contributed by atoms with Crippen LogP contribution in [-0.2, 0) is 9.63 Å². The van der Waals surface area contributed by atoms with E-state index in [1.165, 1.54) is 5.01 Å². The lowest BCUT2D eigenvalue weighted by Gasteiger charge is -2.38. The molecule has 2 atom stereocenters. The van der Waals surface area contributed by atoms with Gasteiger partial charge in [-0.25, -0.2) is 5.01 Å². The maximum atomic E-state index is 12.8. The number of amides is 1. The minimum atomic E-state index is -0.864. The first-order valence-electron chi connectivity index (χ1n) is 8.94. The van der Waals surface area contributed by atoms with E-state index in [4.69, 9.17) is 9.47 Å². The molecule has 1 aliphatic carbocycles. The van der Waals surface area contributed by atoms with Crippen molar-refractivity contribution in [2.45, 2.75) is 25.7 Å². The summed E-state index contributed by atoms with van der Waals surface area (Å²) in [6.07, 6.45) is 3.72. The van der Waals surface area contributed by atoms with E-state index in [0.717, 1.165) is 37.0 Å². The number of carbonyl (C=O) groups excluding carboxylic acids is 1. The van der Waals surface area contributed by atoms with Gasteiger partial charge in [0.15, 0.2) is 11.5 Å². The molecular weight excluding hydrogens is 390 g/mol. The molecule has 3 rings (SSSR count). The van der Waals surface area contributed by atoms with Gasteiger partial charge in [-0.05, 0) is 31.0 Å². The van der Waals surface area contributed by atoms with Crippen LogP contribution in [0.15, 0.2) is 23.3 Å². The highest BCUT2D eigenvalue weighted by molar-refractivity contribution is 6.07. The number of hydrogen-bond acceptors (Lipinski definition) is 7. The van der Waals surface area contributed by atoms with Gasteiger partial charge in [0, 0.05) is 17.4 Å². The highest BCUT2D eigenvalue weighted by Gasteiger charge is 2.41. The molecule has 1 heterocycles. The summed E-state index contributed by atoms with van der Waals surface area (Å²) in [7, 11) is 3.14. The third kappa shape index (κ3) is 4.46. The van der Waals surface area contributed by atoms with Crippen LogP contribution >= 0.6 is 12.4 Å². The van der Waals surface area contributed by atoms with E-state index in [-0.39, 0.29) is 43.3 Å². The second-order valence-corrected chi connectivity index (χ2v) is 6.57. The first-order valence-corrected chi connectivity index (χ1v) is 8.94. The molecule has 9 nitrogen and oxygen atoms in total. The lowest BCUT2D eigenvalue weighted by Crippen LogP contribution is -2.47. The lowest BCUT2D eigenvalue weighted by atomic mass is 9.73. The molecule has 1 aromatic carbocycles. The zero-order chi connectivity index (χ0) is 19.4. The highest BCUT2D eigenvalue weighted by Crippen LogP contribution is 2.38. The summed E-state index contributed by atoms with van der Waals surface area (Å²) in [5.74, 6) is 0.998. The van der Waals surface area contributed by atoms with Crippen LogP contribution in [0, 0.1) is 22.0 Å². The minimum Gasteiger partial charge on any atom is -0.493 e. The van der Waals surface area contributed by atoms with E-state index in [2.05, 4.69) is 9.94 Å². The molecule has 0 aromatic heterocycles. The fraction of sp³-hybridized carbons (Fsp3) is 0.556. The van der Waals surface area contributed by atoms with Crippen molar-refractivity contribution in [2.24, 2.45) is 16.9 Å². The third-order valence-electron chi connectivity index (χ3n) is 5.10. The van der Waals surface area contributed by atoms with Crippen molar-refractivity contribution in [1.29, 1.82) is 0 Å². The van der Waals surface area contributed by atoms with E-state index >= 15 is 0 Å². The van der Waals surface area contributed by atoms with Gasteiger partial charge in [0.05, 0.1) is 26.5 Å². The van der Waals surface area contributed by atoms with Crippen LogP contribution in [0.5, 0.6) is 11.5 Å².